The summed E-state index contributed by atoms with van der Waals surface area (Å²) in [7, 11) is 2.82. The van der Waals surface area contributed by atoms with E-state index in [0.717, 1.165) is 0 Å². The highest BCUT2D eigenvalue weighted by molar-refractivity contribution is 6.01. The lowest BCUT2D eigenvalue weighted by Gasteiger charge is -2.28. The number of ether oxygens (including phenoxy) is 2. The van der Waals surface area contributed by atoms with Crippen LogP contribution in [0.2, 0.25) is 0 Å². The lowest BCUT2D eigenvalue weighted by Crippen LogP contribution is -2.46. The predicted molar refractivity (Wildman–Crippen MR) is 92.4 cm³/mol. The molecule has 1 amide bonds. The molecule has 0 unspecified atom stereocenters. The molecule has 26 heavy (non-hydrogen) atoms. The molecular weight excluding hydrogens is 339 g/mol. The molecule has 0 radical (unpaired) electrons. The number of carbonyl (C=O) groups is 2. The number of amides is 1. The van der Waals surface area contributed by atoms with Crippen LogP contribution in [0.15, 0.2) is 18.2 Å². The van der Waals surface area contributed by atoms with E-state index in [1.165, 1.54) is 26.4 Å². The zero-order valence-corrected chi connectivity index (χ0v) is 15.1. The number of rotatable bonds is 3. The zero-order chi connectivity index (χ0) is 18.8. The van der Waals surface area contributed by atoms with Crippen molar-refractivity contribution in [1.82, 2.24) is 9.88 Å². The quantitative estimate of drug-likeness (QED) is 0.854. The number of carbonyl (C=O) groups excluding carboxylic acids is 2. The first kappa shape index (κ1) is 16.9. The van der Waals surface area contributed by atoms with Gasteiger partial charge in [0.1, 0.15) is 23.3 Å². The summed E-state index contributed by atoms with van der Waals surface area (Å²) < 4.78 is 24.3. The summed E-state index contributed by atoms with van der Waals surface area (Å²) in [6.45, 7) is 4.69. The van der Waals surface area contributed by atoms with Gasteiger partial charge in [-0.2, -0.15) is 0 Å². The van der Waals surface area contributed by atoms with Crippen molar-refractivity contribution in [1.29, 1.82) is 0 Å². The lowest BCUT2D eigenvalue weighted by molar-refractivity contribution is -0.146. The standard InChI is InChI=1S/C19H21FN2O4/c1-19(2)10-8-22(16(14(10)19)18(24)26-4)17(23)12-7-9-13(25-3)6-5-11(20)15(9)21-12/h5-7,10,14,16,21H,8H2,1-4H3/t10-,14-,16-/m0/s1. The Labute approximate surface area is 150 Å². The number of nitrogens with zero attached hydrogens (tertiary/aromatic N) is 1. The number of likely N-dealkylation sites (tertiary alicyclic amines) is 1. The molecule has 7 heteroatoms. The van der Waals surface area contributed by atoms with Gasteiger partial charge in [-0.15, -0.1) is 0 Å². The molecular formula is C19H21FN2O4. The number of hydrogen-bond acceptors (Lipinski definition) is 4. The van der Waals surface area contributed by atoms with Crippen LogP contribution in [-0.4, -0.2) is 48.6 Å². The van der Waals surface area contributed by atoms with E-state index in [9.17, 15) is 14.0 Å². The summed E-state index contributed by atoms with van der Waals surface area (Å²) >= 11 is 0. The van der Waals surface area contributed by atoms with Crippen molar-refractivity contribution in [2.45, 2.75) is 19.9 Å². The van der Waals surface area contributed by atoms with Crippen molar-refractivity contribution < 1.29 is 23.5 Å². The second kappa shape index (κ2) is 5.46. The molecule has 6 nitrogen and oxygen atoms in total. The molecule has 2 heterocycles. The molecule has 2 fully saturated rings. The number of nitrogens with one attached hydrogen (secondary N) is 1. The van der Waals surface area contributed by atoms with Crippen molar-refractivity contribution in [3.8, 4) is 5.75 Å². The molecule has 1 aliphatic carbocycles. The maximum absolute atomic E-state index is 14.1. The van der Waals surface area contributed by atoms with Crippen LogP contribution in [0.1, 0.15) is 24.3 Å². The highest BCUT2D eigenvalue weighted by atomic mass is 19.1. The average molecular weight is 360 g/mol. The van der Waals surface area contributed by atoms with Gasteiger partial charge in [-0.05, 0) is 29.5 Å². The molecule has 0 bridgehead atoms. The normalized spacial score (nSPS) is 25.9. The second-order valence-corrected chi connectivity index (χ2v) is 7.60. The number of hydrogen-bond donors (Lipinski definition) is 1. The highest BCUT2D eigenvalue weighted by Crippen LogP contribution is 2.65. The number of aromatic amines is 1. The molecule has 1 N–H and O–H groups in total. The van der Waals surface area contributed by atoms with E-state index < -0.39 is 17.8 Å². The Balaban J connectivity index is 1.71. The van der Waals surface area contributed by atoms with Gasteiger partial charge in [0, 0.05) is 17.8 Å². The zero-order valence-electron chi connectivity index (χ0n) is 15.1. The third kappa shape index (κ3) is 2.15. The predicted octanol–water partition coefficient (Wildman–Crippen LogP) is 2.59. The number of fused-ring (bicyclic) bond motifs is 2. The number of piperidine rings is 1. The summed E-state index contributed by atoms with van der Waals surface area (Å²) in [5, 5.41) is 0.496. The summed E-state index contributed by atoms with van der Waals surface area (Å²) in [5.74, 6) is -0.362. The Morgan fingerprint density at radius 2 is 2.04 bits per heavy atom. The molecule has 0 spiro atoms. The Bertz CT molecular complexity index is 920. The van der Waals surface area contributed by atoms with Gasteiger partial charge in [0.15, 0.2) is 0 Å². The minimum atomic E-state index is -0.606. The van der Waals surface area contributed by atoms with Crippen molar-refractivity contribution in [2.24, 2.45) is 17.3 Å². The average Bonchev–Trinajstić information content (AvgIpc) is 3.05. The molecule has 4 rings (SSSR count). The Morgan fingerprint density at radius 3 is 2.69 bits per heavy atom. The van der Waals surface area contributed by atoms with E-state index in [4.69, 9.17) is 9.47 Å². The fraction of sp³-hybridized carbons (Fsp3) is 0.474. The van der Waals surface area contributed by atoms with Crippen LogP contribution in [0.25, 0.3) is 10.9 Å². The maximum Gasteiger partial charge on any atom is 0.328 e. The first-order valence-electron chi connectivity index (χ1n) is 8.55. The van der Waals surface area contributed by atoms with E-state index in [0.29, 0.717) is 17.7 Å². The smallest absolute Gasteiger partial charge is 0.328 e. The van der Waals surface area contributed by atoms with Crippen molar-refractivity contribution in [3.05, 3.63) is 29.7 Å². The van der Waals surface area contributed by atoms with Gasteiger partial charge < -0.3 is 19.4 Å². The third-order valence-corrected chi connectivity index (χ3v) is 6.07. The van der Waals surface area contributed by atoms with Gasteiger partial charge in [0.25, 0.3) is 5.91 Å². The summed E-state index contributed by atoms with van der Waals surface area (Å²) in [4.78, 5) is 29.8. The van der Waals surface area contributed by atoms with Crippen LogP contribution < -0.4 is 4.74 Å². The molecule has 1 aliphatic heterocycles. The molecule has 1 aromatic heterocycles. The Hall–Kier alpha value is -2.57. The van der Waals surface area contributed by atoms with Crippen LogP contribution in [-0.2, 0) is 9.53 Å². The number of benzene rings is 1. The highest BCUT2D eigenvalue weighted by Gasteiger charge is 2.69. The minimum absolute atomic E-state index is 0.0193. The van der Waals surface area contributed by atoms with Crippen molar-refractivity contribution in [3.63, 3.8) is 0 Å². The van der Waals surface area contributed by atoms with Crippen LogP contribution in [0, 0.1) is 23.1 Å². The van der Waals surface area contributed by atoms with Gasteiger partial charge in [-0.25, -0.2) is 9.18 Å². The second-order valence-electron chi connectivity index (χ2n) is 7.60. The number of esters is 1. The van der Waals surface area contributed by atoms with Crippen LogP contribution in [0.4, 0.5) is 4.39 Å². The monoisotopic (exact) mass is 360 g/mol. The first-order chi connectivity index (χ1) is 12.3. The number of methoxy groups -OCH3 is 2. The SMILES string of the molecule is COC(=O)[C@@H]1[C@@H]2[C@H](CN1C(=O)c1cc3c(OC)ccc(F)c3[nH]1)C2(C)C. The summed E-state index contributed by atoms with van der Waals surface area (Å²) in [6, 6.07) is 3.77. The maximum atomic E-state index is 14.1. The Kier molecular flexibility index (Phi) is 3.54. The summed E-state index contributed by atoms with van der Waals surface area (Å²) in [5.41, 5.74) is 0.467. The molecule has 2 aliphatic rings. The van der Waals surface area contributed by atoms with E-state index in [2.05, 4.69) is 18.8 Å². The van der Waals surface area contributed by atoms with E-state index in [-0.39, 0.29) is 34.4 Å². The number of aromatic nitrogens is 1. The lowest BCUT2D eigenvalue weighted by atomic mass is 10.0. The third-order valence-electron chi connectivity index (χ3n) is 6.07. The van der Waals surface area contributed by atoms with Gasteiger partial charge >= 0.3 is 5.97 Å². The van der Waals surface area contributed by atoms with Gasteiger partial charge in [-0.1, -0.05) is 13.8 Å². The molecule has 1 aromatic carbocycles. The van der Waals surface area contributed by atoms with Crippen LogP contribution in [0.3, 0.4) is 0 Å². The molecule has 1 saturated carbocycles. The fourth-order valence-corrected chi connectivity index (χ4v) is 4.49. The van der Waals surface area contributed by atoms with Gasteiger partial charge in [-0.3, -0.25) is 4.79 Å². The fourth-order valence-electron chi connectivity index (χ4n) is 4.49. The summed E-state index contributed by atoms with van der Waals surface area (Å²) in [6.07, 6.45) is 0. The van der Waals surface area contributed by atoms with Gasteiger partial charge in [0.05, 0.1) is 19.7 Å². The molecule has 138 valence electrons. The number of H-pyrrole nitrogens is 1. The first-order valence-corrected chi connectivity index (χ1v) is 8.55. The van der Waals surface area contributed by atoms with Crippen LogP contribution in [0.5, 0.6) is 5.75 Å². The molecule has 1 saturated heterocycles. The van der Waals surface area contributed by atoms with Crippen LogP contribution >= 0.6 is 0 Å². The van der Waals surface area contributed by atoms with E-state index in [1.54, 1.807) is 11.0 Å². The van der Waals surface area contributed by atoms with Gasteiger partial charge in [0.2, 0.25) is 0 Å². The van der Waals surface area contributed by atoms with Crippen molar-refractivity contribution >= 4 is 22.8 Å². The minimum Gasteiger partial charge on any atom is -0.496 e. The topological polar surface area (TPSA) is 71.6 Å². The molecule has 2 aromatic rings. The Morgan fingerprint density at radius 1 is 1.31 bits per heavy atom. The van der Waals surface area contributed by atoms with E-state index in [1.807, 2.05) is 0 Å². The van der Waals surface area contributed by atoms with Crippen molar-refractivity contribution in [2.75, 3.05) is 20.8 Å². The molecule has 3 atom stereocenters. The largest absolute Gasteiger partial charge is 0.496 e. The van der Waals surface area contributed by atoms with E-state index >= 15 is 0 Å². The number of halogens is 1.